The van der Waals surface area contributed by atoms with Gasteiger partial charge in [0, 0.05) is 37.3 Å². The molecule has 2 N–H and O–H groups in total. The van der Waals surface area contributed by atoms with Gasteiger partial charge < -0.3 is 20.4 Å². The largest absolute Gasteiger partial charge is 0.341 e. The fourth-order valence-corrected chi connectivity index (χ4v) is 5.11. The first-order valence-electron chi connectivity index (χ1n) is 11.9. The third-order valence-electron chi connectivity index (χ3n) is 6.88. The third kappa shape index (κ3) is 4.06. The Bertz CT molecular complexity index is 1270. The Morgan fingerprint density at radius 2 is 2.00 bits per heavy atom. The molecule has 5 rings (SSSR count). The number of piperidine rings is 1. The first kappa shape index (κ1) is 23.1. The fraction of sp³-hybridized carbons (Fsp3) is 0.480. The number of aliphatic imine (C=N–C) groups is 1. The van der Waals surface area contributed by atoms with Crippen LogP contribution >= 0.6 is 0 Å². The van der Waals surface area contributed by atoms with Crippen LogP contribution in [0, 0.1) is 18.8 Å². The molecule has 3 amide bonds. The molecule has 0 spiro atoms. The maximum absolute atomic E-state index is 13.8. The number of benzene rings is 1. The number of amides is 3. The number of fused-ring (bicyclic) bond motifs is 2. The number of likely N-dealkylation sites (N-methyl/N-ethyl adjacent to an activating group) is 1. The van der Waals surface area contributed by atoms with Gasteiger partial charge >= 0.3 is 6.03 Å². The average Bonchev–Trinajstić information content (AvgIpc) is 3.24. The number of hydrogen-bond acceptors (Lipinski definition) is 8. The van der Waals surface area contributed by atoms with E-state index in [1.54, 1.807) is 14.0 Å². The SMILES string of the molecule is CC#CCN1C(N2CCC[C@H](N)C2)=NC2C1C(=O)N(Cc1nc(C)c3ccccc3n1)C(=O)N2C. The van der Waals surface area contributed by atoms with Crippen molar-refractivity contribution in [3.05, 3.63) is 35.8 Å². The summed E-state index contributed by atoms with van der Waals surface area (Å²) in [6.45, 7) is 5.48. The zero-order valence-electron chi connectivity index (χ0n) is 20.3. The van der Waals surface area contributed by atoms with Crippen molar-refractivity contribution in [3.8, 4) is 11.8 Å². The Morgan fingerprint density at radius 1 is 1.20 bits per heavy atom. The number of carbonyl (C=O) groups is 2. The summed E-state index contributed by atoms with van der Waals surface area (Å²) in [7, 11) is 1.68. The standard InChI is InChI=1S/C25H30N8O2/c1-4-5-13-32-21-22(29-24(32)31-12-8-9-17(26)14-31)30(3)25(35)33(23(21)34)15-20-27-16(2)18-10-6-7-11-19(18)28-20/h6-7,10-11,17,21-22H,8-9,12-15,26H2,1-3H3/t17-,21?,22?/m0/s1. The highest BCUT2D eigenvalue weighted by molar-refractivity contribution is 6.03. The molecule has 35 heavy (non-hydrogen) atoms. The Hall–Kier alpha value is -3.71. The number of rotatable bonds is 3. The highest BCUT2D eigenvalue weighted by Gasteiger charge is 2.53. The van der Waals surface area contributed by atoms with Gasteiger partial charge in [0.05, 0.1) is 18.6 Å². The average molecular weight is 475 g/mol. The molecule has 4 heterocycles. The molecule has 10 heteroatoms. The smallest absolute Gasteiger partial charge is 0.328 e. The Morgan fingerprint density at radius 3 is 2.77 bits per heavy atom. The van der Waals surface area contributed by atoms with Crippen LogP contribution < -0.4 is 5.73 Å². The summed E-state index contributed by atoms with van der Waals surface area (Å²) in [6.07, 6.45) is 1.30. The molecule has 0 radical (unpaired) electrons. The highest BCUT2D eigenvalue weighted by atomic mass is 16.2. The minimum absolute atomic E-state index is 0.00583. The van der Waals surface area contributed by atoms with Crippen LogP contribution in [0.15, 0.2) is 29.3 Å². The van der Waals surface area contributed by atoms with Crippen molar-refractivity contribution < 1.29 is 9.59 Å². The van der Waals surface area contributed by atoms with E-state index < -0.39 is 18.2 Å². The Balaban J connectivity index is 1.46. The van der Waals surface area contributed by atoms with Crippen LogP contribution in [0.5, 0.6) is 0 Å². The van der Waals surface area contributed by atoms with E-state index in [1.807, 2.05) is 36.1 Å². The number of guanidine groups is 1. The number of urea groups is 1. The highest BCUT2D eigenvalue weighted by Crippen LogP contribution is 2.30. The molecule has 3 aliphatic rings. The summed E-state index contributed by atoms with van der Waals surface area (Å²) >= 11 is 0. The number of para-hydroxylation sites is 1. The quantitative estimate of drug-likeness (QED) is 0.664. The van der Waals surface area contributed by atoms with Crippen molar-refractivity contribution in [2.24, 2.45) is 10.7 Å². The molecule has 10 nitrogen and oxygen atoms in total. The van der Waals surface area contributed by atoms with E-state index in [-0.39, 0.29) is 18.5 Å². The van der Waals surface area contributed by atoms with Crippen molar-refractivity contribution in [2.45, 2.75) is 51.5 Å². The van der Waals surface area contributed by atoms with Gasteiger partial charge in [-0.15, -0.1) is 5.92 Å². The number of imide groups is 1. The van der Waals surface area contributed by atoms with Gasteiger partial charge in [-0.05, 0) is 32.8 Å². The second-order valence-corrected chi connectivity index (χ2v) is 9.25. The van der Waals surface area contributed by atoms with Gasteiger partial charge in [-0.3, -0.25) is 9.69 Å². The molecule has 2 saturated heterocycles. The first-order chi connectivity index (χ1) is 16.9. The monoisotopic (exact) mass is 474 g/mol. The zero-order valence-corrected chi connectivity index (χ0v) is 20.3. The van der Waals surface area contributed by atoms with Gasteiger partial charge in [-0.25, -0.2) is 19.8 Å². The van der Waals surface area contributed by atoms with Crippen molar-refractivity contribution in [1.29, 1.82) is 0 Å². The van der Waals surface area contributed by atoms with E-state index in [0.717, 1.165) is 36.0 Å². The van der Waals surface area contributed by atoms with Crippen LogP contribution in [0.2, 0.25) is 0 Å². The van der Waals surface area contributed by atoms with Crippen LogP contribution in [0.3, 0.4) is 0 Å². The Kier molecular flexibility index (Phi) is 6.03. The van der Waals surface area contributed by atoms with Crippen molar-refractivity contribution in [3.63, 3.8) is 0 Å². The van der Waals surface area contributed by atoms with Crippen molar-refractivity contribution in [2.75, 3.05) is 26.7 Å². The number of nitrogens with zero attached hydrogens (tertiary/aromatic N) is 7. The summed E-state index contributed by atoms with van der Waals surface area (Å²) < 4.78 is 0. The van der Waals surface area contributed by atoms with Gasteiger partial charge in [0.25, 0.3) is 5.91 Å². The lowest BCUT2D eigenvalue weighted by Gasteiger charge is -2.41. The van der Waals surface area contributed by atoms with Gasteiger partial charge in [-0.2, -0.15) is 0 Å². The molecule has 1 aromatic carbocycles. The maximum atomic E-state index is 13.8. The summed E-state index contributed by atoms with van der Waals surface area (Å²) in [4.78, 5) is 48.0. The molecule has 2 fully saturated rings. The lowest BCUT2D eigenvalue weighted by molar-refractivity contribution is -0.138. The molecule has 2 aromatic rings. The van der Waals surface area contributed by atoms with Gasteiger partial charge in [0.15, 0.2) is 18.2 Å². The first-order valence-corrected chi connectivity index (χ1v) is 11.9. The van der Waals surface area contributed by atoms with Crippen LogP contribution in [0.4, 0.5) is 4.79 Å². The van der Waals surface area contributed by atoms with Crippen molar-refractivity contribution >= 4 is 28.8 Å². The second kappa shape index (κ2) is 9.15. The van der Waals surface area contributed by atoms with Crippen LogP contribution in [-0.2, 0) is 11.3 Å². The summed E-state index contributed by atoms with van der Waals surface area (Å²) in [6, 6.07) is 6.69. The van der Waals surface area contributed by atoms with Crippen molar-refractivity contribution in [1.82, 2.24) is 29.6 Å². The maximum Gasteiger partial charge on any atom is 0.328 e. The lowest BCUT2D eigenvalue weighted by atomic mass is 10.1. The van der Waals surface area contributed by atoms with E-state index in [4.69, 9.17) is 10.7 Å². The fourth-order valence-electron chi connectivity index (χ4n) is 5.11. The van der Waals surface area contributed by atoms with Crippen LogP contribution in [0.1, 0.15) is 31.3 Å². The third-order valence-corrected chi connectivity index (χ3v) is 6.88. The Labute approximate surface area is 204 Å². The number of hydrogen-bond donors (Lipinski definition) is 1. The summed E-state index contributed by atoms with van der Waals surface area (Å²) in [5, 5.41) is 0.947. The van der Waals surface area contributed by atoms with Crippen LogP contribution in [-0.4, -0.2) is 92.4 Å². The molecule has 182 valence electrons. The number of aryl methyl sites for hydroxylation is 1. The van der Waals surface area contributed by atoms with Gasteiger partial charge in [0.2, 0.25) is 0 Å². The number of nitrogens with two attached hydrogens (primary N) is 1. The summed E-state index contributed by atoms with van der Waals surface area (Å²) in [5.41, 5.74) is 7.81. The van der Waals surface area contributed by atoms with Gasteiger partial charge in [-0.1, -0.05) is 24.1 Å². The molecule has 0 aliphatic carbocycles. The normalized spacial score (nSPS) is 24.5. The molecule has 1 aromatic heterocycles. The number of aromatic nitrogens is 2. The van der Waals surface area contributed by atoms with E-state index in [2.05, 4.69) is 26.7 Å². The van der Waals surface area contributed by atoms with E-state index >= 15 is 0 Å². The topological polar surface area (TPSA) is 111 Å². The molecule has 2 unspecified atom stereocenters. The minimum atomic E-state index is -0.659. The number of likely N-dealkylation sites (tertiary alicyclic amines) is 1. The predicted octanol–water partition coefficient (Wildman–Crippen LogP) is 1.14. The molecule has 3 aliphatic heterocycles. The minimum Gasteiger partial charge on any atom is -0.341 e. The molecule has 0 saturated carbocycles. The molecule has 0 bridgehead atoms. The predicted molar refractivity (Wildman–Crippen MR) is 132 cm³/mol. The molecular weight excluding hydrogens is 444 g/mol. The van der Waals surface area contributed by atoms with Gasteiger partial charge in [0.1, 0.15) is 5.82 Å². The molecule has 3 atom stereocenters. The van der Waals surface area contributed by atoms with E-state index in [1.165, 1.54) is 9.80 Å². The zero-order chi connectivity index (χ0) is 24.7. The van der Waals surface area contributed by atoms with E-state index in [0.29, 0.717) is 24.9 Å². The van der Waals surface area contributed by atoms with Crippen LogP contribution in [0.25, 0.3) is 10.9 Å². The second-order valence-electron chi connectivity index (χ2n) is 9.25. The number of carbonyl (C=O) groups excluding carboxylic acids is 2. The lowest BCUT2D eigenvalue weighted by Crippen LogP contribution is -2.65. The molecular formula is C25H30N8O2. The van der Waals surface area contributed by atoms with E-state index in [9.17, 15) is 9.59 Å². The summed E-state index contributed by atoms with van der Waals surface area (Å²) in [5.74, 6) is 6.79.